The summed E-state index contributed by atoms with van der Waals surface area (Å²) in [4.78, 5) is 4.06. The monoisotopic (exact) mass is 253 g/mol. The molecule has 0 saturated heterocycles. The van der Waals surface area contributed by atoms with Crippen LogP contribution in [-0.4, -0.2) is 4.98 Å². The maximum atomic E-state index is 6.20. The van der Waals surface area contributed by atoms with Gasteiger partial charge in [-0.3, -0.25) is 4.98 Å². The number of hydrogen-bond donors (Lipinski definition) is 2. The van der Waals surface area contributed by atoms with Crippen LogP contribution in [0.4, 0.5) is 0 Å². The summed E-state index contributed by atoms with van der Waals surface area (Å²) in [5.74, 6) is 0. The Hall–Kier alpha value is -1.71. The molecule has 0 saturated carbocycles. The molecule has 0 spiro atoms. The summed E-state index contributed by atoms with van der Waals surface area (Å²) in [7, 11) is 0. The van der Waals surface area contributed by atoms with Gasteiger partial charge in [0, 0.05) is 30.5 Å². The fourth-order valence-corrected chi connectivity index (χ4v) is 2.88. The minimum Gasteiger partial charge on any atom is -0.324 e. The number of fused-ring (bicyclic) bond motifs is 1. The van der Waals surface area contributed by atoms with E-state index in [1.165, 1.54) is 16.7 Å². The molecule has 1 aliphatic rings. The van der Waals surface area contributed by atoms with E-state index in [2.05, 4.69) is 53.6 Å². The van der Waals surface area contributed by atoms with Crippen molar-refractivity contribution >= 4 is 0 Å². The van der Waals surface area contributed by atoms with Crippen LogP contribution in [-0.2, 0) is 0 Å². The molecule has 3 heteroatoms. The van der Waals surface area contributed by atoms with E-state index in [4.69, 9.17) is 5.73 Å². The Bertz CT molecular complexity index is 553. The highest BCUT2D eigenvalue weighted by atomic mass is 15.0. The molecule has 19 heavy (non-hydrogen) atoms. The van der Waals surface area contributed by atoms with Gasteiger partial charge in [0.15, 0.2) is 0 Å². The van der Waals surface area contributed by atoms with Crippen molar-refractivity contribution in [1.29, 1.82) is 0 Å². The Labute approximate surface area is 113 Å². The van der Waals surface area contributed by atoms with Crippen molar-refractivity contribution in [3.05, 3.63) is 65.5 Å². The van der Waals surface area contributed by atoms with Gasteiger partial charge in [-0.2, -0.15) is 0 Å². The molecule has 0 radical (unpaired) electrons. The van der Waals surface area contributed by atoms with E-state index in [9.17, 15) is 0 Å². The van der Waals surface area contributed by atoms with Crippen LogP contribution in [0.5, 0.6) is 0 Å². The second-order valence-corrected chi connectivity index (χ2v) is 5.19. The van der Waals surface area contributed by atoms with Crippen molar-refractivity contribution in [2.75, 3.05) is 0 Å². The Morgan fingerprint density at radius 1 is 1.16 bits per heavy atom. The molecule has 0 bridgehead atoms. The van der Waals surface area contributed by atoms with Crippen molar-refractivity contribution in [3.63, 3.8) is 0 Å². The van der Waals surface area contributed by atoms with Gasteiger partial charge in [-0.25, -0.2) is 0 Å². The van der Waals surface area contributed by atoms with Crippen LogP contribution in [0.3, 0.4) is 0 Å². The number of nitrogens with zero attached hydrogens (tertiary/aromatic N) is 1. The molecule has 1 aliphatic carbocycles. The number of benzene rings is 1. The molecule has 3 atom stereocenters. The third-order valence-corrected chi connectivity index (χ3v) is 3.92. The third kappa shape index (κ3) is 2.39. The number of rotatable bonds is 3. The lowest BCUT2D eigenvalue weighted by Crippen LogP contribution is -2.23. The molecule has 2 aromatic rings. The summed E-state index contributed by atoms with van der Waals surface area (Å²) in [6, 6.07) is 13.4. The predicted molar refractivity (Wildman–Crippen MR) is 76.5 cm³/mol. The lowest BCUT2D eigenvalue weighted by Gasteiger charge is -2.20. The van der Waals surface area contributed by atoms with E-state index >= 15 is 0 Å². The number of nitrogens with one attached hydrogen (secondary N) is 1. The zero-order valence-electron chi connectivity index (χ0n) is 11.1. The Kier molecular flexibility index (Phi) is 3.32. The predicted octanol–water partition coefficient (Wildman–Crippen LogP) is 2.88. The third-order valence-electron chi connectivity index (χ3n) is 3.92. The molecule has 3 unspecified atom stereocenters. The topological polar surface area (TPSA) is 50.9 Å². The van der Waals surface area contributed by atoms with E-state index in [0.29, 0.717) is 12.1 Å². The van der Waals surface area contributed by atoms with Crippen molar-refractivity contribution < 1.29 is 0 Å². The van der Waals surface area contributed by atoms with Crippen molar-refractivity contribution in [2.45, 2.75) is 31.5 Å². The summed E-state index contributed by atoms with van der Waals surface area (Å²) in [5.41, 5.74) is 10.1. The molecule has 0 amide bonds. The van der Waals surface area contributed by atoms with E-state index in [-0.39, 0.29) is 6.04 Å². The molecule has 3 nitrogen and oxygen atoms in total. The maximum Gasteiger partial charge on any atom is 0.0347 e. The van der Waals surface area contributed by atoms with Crippen molar-refractivity contribution in [1.82, 2.24) is 10.3 Å². The molecular weight excluding hydrogens is 234 g/mol. The van der Waals surface area contributed by atoms with Crippen LogP contribution < -0.4 is 11.1 Å². The number of hydrogen-bond acceptors (Lipinski definition) is 3. The SMILES string of the molecule is CC(NC1CC(N)c2ccccc21)c1ccncc1. The zero-order valence-corrected chi connectivity index (χ0v) is 11.1. The maximum absolute atomic E-state index is 6.20. The zero-order chi connectivity index (χ0) is 13.2. The molecule has 1 aromatic carbocycles. The standard InChI is InChI=1S/C16H19N3/c1-11(12-6-8-18-9-7-12)19-16-10-15(17)13-4-2-3-5-14(13)16/h2-9,11,15-16,19H,10,17H2,1H3. The number of pyridine rings is 1. The molecule has 0 fully saturated rings. The second kappa shape index (κ2) is 5.11. The average molecular weight is 253 g/mol. The van der Waals surface area contributed by atoms with Crippen LogP contribution in [0.25, 0.3) is 0 Å². The highest BCUT2D eigenvalue weighted by molar-refractivity contribution is 5.37. The molecule has 3 N–H and O–H groups in total. The van der Waals surface area contributed by atoms with E-state index in [0.717, 1.165) is 6.42 Å². The fourth-order valence-electron chi connectivity index (χ4n) is 2.88. The van der Waals surface area contributed by atoms with Gasteiger partial charge in [0.1, 0.15) is 0 Å². The van der Waals surface area contributed by atoms with Gasteiger partial charge in [0.2, 0.25) is 0 Å². The van der Waals surface area contributed by atoms with E-state index in [1.54, 1.807) is 0 Å². The van der Waals surface area contributed by atoms with E-state index < -0.39 is 0 Å². The molecule has 98 valence electrons. The van der Waals surface area contributed by atoms with Crippen LogP contribution in [0.1, 0.15) is 48.2 Å². The number of aromatic nitrogens is 1. The average Bonchev–Trinajstić information content (AvgIpc) is 2.77. The molecule has 1 aromatic heterocycles. The first-order valence-electron chi connectivity index (χ1n) is 6.76. The Morgan fingerprint density at radius 3 is 2.58 bits per heavy atom. The van der Waals surface area contributed by atoms with Crippen LogP contribution >= 0.6 is 0 Å². The minimum atomic E-state index is 0.151. The van der Waals surface area contributed by atoms with Gasteiger partial charge in [0.05, 0.1) is 0 Å². The first kappa shape index (κ1) is 12.3. The fraction of sp³-hybridized carbons (Fsp3) is 0.312. The number of nitrogens with two attached hydrogens (primary N) is 1. The van der Waals surface area contributed by atoms with Gasteiger partial charge < -0.3 is 11.1 Å². The van der Waals surface area contributed by atoms with Gasteiger partial charge >= 0.3 is 0 Å². The molecular formula is C16H19N3. The quantitative estimate of drug-likeness (QED) is 0.884. The van der Waals surface area contributed by atoms with Gasteiger partial charge in [-0.1, -0.05) is 24.3 Å². The van der Waals surface area contributed by atoms with E-state index in [1.807, 2.05) is 12.4 Å². The Morgan fingerprint density at radius 2 is 1.84 bits per heavy atom. The summed E-state index contributed by atoms with van der Waals surface area (Å²) < 4.78 is 0. The summed E-state index contributed by atoms with van der Waals surface area (Å²) >= 11 is 0. The van der Waals surface area contributed by atoms with Crippen LogP contribution in [0.2, 0.25) is 0 Å². The van der Waals surface area contributed by atoms with Crippen molar-refractivity contribution in [3.8, 4) is 0 Å². The second-order valence-electron chi connectivity index (χ2n) is 5.19. The van der Waals surface area contributed by atoms with Crippen molar-refractivity contribution in [2.24, 2.45) is 5.73 Å². The molecule has 0 aliphatic heterocycles. The lowest BCUT2D eigenvalue weighted by molar-refractivity contribution is 0.445. The largest absolute Gasteiger partial charge is 0.324 e. The molecule has 1 heterocycles. The highest BCUT2D eigenvalue weighted by Gasteiger charge is 2.28. The first-order valence-corrected chi connectivity index (χ1v) is 6.76. The summed E-state index contributed by atoms with van der Waals surface area (Å²) in [6.45, 7) is 2.18. The normalized spacial score (nSPS) is 23.1. The minimum absolute atomic E-state index is 0.151. The summed E-state index contributed by atoms with van der Waals surface area (Å²) in [5, 5.41) is 3.67. The van der Waals surface area contributed by atoms with Gasteiger partial charge in [0.25, 0.3) is 0 Å². The van der Waals surface area contributed by atoms with Crippen LogP contribution in [0.15, 0.2) is 48.8 Å². The summed E-state index contributed by atoms with van der Waals surface area (Å²) in [6.07, 6.45) is 4.64. The van der Waals surface area contributed by atoms with Crippen LogP contribution in [0, 0.1) is 0 Å². The molecule has 3 rings (SSSR count). The lowest BCUT2D eigenvalue weighted by atomic mass is 10.1. The first-order chi connectivity index (χ1) is 9.25. The smallest absolute Gasteiger partial charge is 0.0347 e. The van der Waals surface area contributed by atoms with Gasteiger partial charge in [-0.05, 0) is 42.2 Å². The van der Waals surface area contributed by atoms with Gasteiger partial charge in [-0.15, -0.1) is 0 Å². The Balaban J connectivity index is 1.79. The highest BCUT2D eigenvalue weighted by Crippen LogP contribution is 2.38.